The predicted molar refractivity (Wildman–Crippen MR) is 82.7 cm³/mol. The first-order valence-corrected chi connectivity index (χ1v) is 8.08. The Balaban J connectivity index is 1.78. The number of aliphatic hydroxyl groups excluding tert-OH is 1. The van der Waals surface area contributed by atoms with Crippen molar-refractivity contribution in [2.24, 2.45) is 11.8 Å². The number of nitrogens with one attached hydrogen (secondary N) is 1. The van der Waals surface area contributed by atoms with Gasteiger partial charge in [-0.05, 0) is 31.4 Å². The first-order chi connectivity index (χ1) is 10.3. The summed E-state index contributed by atoms with van der Waals surface area (Å²) in [6.45, 7) is 0.601. The second-order valence-corrected chi connectivity index (χ2v) is 6.01. The van der Waals surface area contributed by atoms with Crippen molar-refractivity contribution < 1.29 is 9.90 Å². The van der Waals surface area contributed by atoms with Gasteiger partial charge in [-0.1, -0.05) is 31.7 Å². The van der Waals surface area contributed by atoms with Gasteiger partial charge in [-0.2, -0.15) is 0 Å². The quantitative estimate of drug-likeness (QED) is 0.790. The maximum Gasteiger partial charge on any atom is 0.223 e. The van der Waals surface area contributed by atoms with Crippen molar-refractivity contribution in [1.29, 1.82) is 0 Å². The van der Waals surface area contributed by atoms with Gasteiger partial charge >= 0.3 is 0 Å². The van der Waals surface area contributed by atoms with E-state index >= 15 is 0 Å². The largest absolute Gasteiger partial charge is 0.396 e. The molecule has 0 aromatic carbocycles. The van der Waals surface area contributed by atoms with E-state index in [4.69, 9.17) is 0 Å². The molecule has 1 aliphatic rings. The molecular weight excluding hydrogens is 264 g/mol. The molecule has 1 saturated carbocycles. The monoisotopic (exact) mass is 290 g/mol. The minimum atomic E-state index is 0.0367. The SMILES string of the molecule is O=C(NCC(CO)Cc1ccccn1)C1CCCCCC1. The van der Waals surface area contributed by atoms with Gasteiger partial charge < -0.3 is 10.4 Å². The second kappa shape index (κ2) is 8.78. The van der Waals surface area contributed by atoms with Gasteiger partial charge in [0.2, 0.25) is 5.91 Å². The van der Waals surface area contributed by atoms with E-state index in [9.17, 15) is 9.90 Å². The summed E-state index contributed by atoms with van der Waals surface area (Å²) in [7, 11) is 0. The minimum absolute atomic E-state index is 0.0367. The summed E-state index contributed by atoms with van der Waals surface area (Å²) in [5.41, 5.74) is 0.959. The van der Waals surface area contributed by atoms with Gasteiger partial charge in [0.05, 0.1) is 0 Å². The zero-order valence-corrected chi connectivity index (χ0v) is 12.6. The summed E-state index contributed by atoms with van der Waals surface area (Å²) in [6, 6.07) is 5.78. The van der Waals surface area contributed by atoms with Gasteiger partial charge in [-0.3, -0.25) is 9.78 Å². The zero-order valence-electron chi connectivity index (χ0n) is 12.6. The Morgan fingerprint density at radius 2 is 2.05 bits per heavy atom. The molecule has 116 valence electrons. The summed E-state index contributed by atoms with van der Waals surface area (Å²) in [6.07, 6.45) is 9.30. The van der Waals surface area contributed by atoms with E-state index in [2.05, 4.69) is 10.3 Å². The fraction of sp³-hybridized carbons (Fsp3) is 0.647. The Morgan fingerprint density at radius 1 is 1.29 bits per heavy atom. The molecule has 4 heteroatoms. The topological polar surface area (TPSA) is 62.2 Å². The molecule has 0 aliphatic heterocycles. The Labute approximate surface area is 127 Å². The molecule has 2 rings (SSSR count). The van der Waals surface area contributed by atoms with Crippen LogP contribution in [0.25, 0.3) is 0 Å². The van der Waals surface area contributed by atoms with Gasteiger partial charge in [-0.15, -0.1) is 0 Å². The third-order valence-corrected chi connectivity index (χ3v) is 4.27. The maximum absolute atomic E-state index is 12.2. The van der Waals surface area contributed by atoms with Gasteiger partial charge in [0.1, 0.15) is 0 Å². The van der Waals surface area contributed by atoms with Gasteiger partial charge in [-0.25, -0.2) is 0 Å². The fourth-order valence-corrected chi connectivity index (χ4v) is 2.95. The standard InChI is InChI=1S/C17H26N2O2/c20-13-14(11-16-9-5-6-10-18-16)12-19-17(21)15-7-3-1-2-4-8-15/h5-6,9-10,14-15,20H,1-4,7-8,11-13H2,(H,19,21). The third kappa shape index (κ3) is 5.46. The Bertz CT molecular complexity index is 414. The molecular formula is C17H26N2O2. The molecule has 1 fully saturated rings. The summed E-state index contributed by atoms with van der Waals surface area (Å²) in [5.74, 6) is 0.368. The Morgan fingerprint density at radius 3 is 2.67 bits per heavy atom. The molecule has 1 aliphatic carbocycles. The van der Waals surface area contributed by atoms with Crippen LogP contribution in [0.2, 0.25) is 0 Å². The lowest BCUT2D eigenvalue weighted by atomic mass is 9.98. The van der Waals surface area contributed by atoms with Gasteiger partial charge in [0.25, 0.3) is 0 Å². The van der Waals surface area contributed by atoms with E-state index in [0.29, 0.717) is 13.0 Å². The highest BCUT2D eigenvalue weighted by atomic mass is 16.3. The Hall–Kier alpha value is -1.42. The fourth-order valence-electron chi connectivity index (χ4n) is 2.95. The van der Waals surface area contributed by atoms with E-state index in [-0.39, 0.29) is 24.3 Å². The molecule has 1 aromatic heterocycles. The molecule has 0 spiro atoms. The highest BCUT2D eigenvalue weighted by Crippen LogP contribution is 2.22. The van der Waals surface area contributed by atoms with E-state index in [1.807, 2.05) is 18.2 Å². The van der Waals surface area contributed by atoms with Crippen LogP contribution in [-0.2, 0) is 11.2 Å². The van der Waals surface area contributed by atoms with Crippen molar-refractivity contribution in [1.82, 2.24) is 10.3 Å². The Kier molecular flexibility index (Phi) is 6.67. The average Bonchev–Trinajstić information content (AvgIpc) is 2.81. The molecule has 21 heavy (non-hydrogen) atoms. The number of pyridine rings is 1. The number of amides is 1. The number of nitrogens with zero attached hydrogens (tertiary/aromatic N) is 1. The summed E-state index contributed by atoms with van der Waals surface area (Å²) in [4.78, 5) is 16.5. The van der Waals surface area contributed by atoms with Crippen LogP contribution in [-0.4, -0.2) is 29.1 Å². The summed E-state index contributed by atoms with van der Waals surface area (Å²) < 4.78 is 0. The number of rotatable bonds is 6. The van der Waals surface area contributed by atoms with Crippen LogP contribution in [0.3, 0.4) is 0 Å². The molecule has 1 unspecified atom stereocenters. The molecule has 2 N–H and O–H groups in total. The zero-order chi connectivity index (χ0) is 14.9. The summed E-state index contributed by atoms with van der Waals surface area (Å²) in [5, 5.41) is 12.5. The lowest BCUT2D eigenvalue weighted by Crippen LogP contribution is -2.36. The van der Waals surface area contributed by atoms with Crippen molar-refractivity contribution in [2.45, 2.75) is 44.9 Å². The van der Waals surface area contributed by atoms with Crippen LogP contribution < -0.4 is 5.32 Å². The lowest BCUT2D eigenvalue weighted by Gasteiger charge is -2.18. The van der Waals surface area contributed by atoms with E-state index in [0.717, 1.165) is 31.4 Å². The molecule has 0 radical (unpaired) electrons. The first kappa shape index (κ1) is 16.0. The molecule has 1 aromatic rings. The van der Waals surface area contributed by atoms with Crippen LogP contribution in [0.5, 0.6) is 0 Å². The minimum Gasteiger partial charge on any atom is -0.396 e. The maximum atomic E-state index is 12.2. The highest BCUT2D eigenvalue weighted by molar-refractivity contribution is 5.78. The number of carbonyl (C=O) groups excluding carboxylic acids is 1. The van der Waals surface area contributed by atoms with Crippen molar-refractivity contribution in [2.75, 3.05) is 13.2 Å². The van der Waals surface area contributed by atoms with Crippen molar-refractivity contribution in [3.8, 4) is 0 Å². The number of aromatic nitrogens is 1. The average molecular weight is 290 g/mol. The molecule has 1 heterocycles. The molecule has 1 atom stereocenters. The first-order valence-electron chi connectivity index (χ1n) is 8.08. The van der Waals surface area contributed by atoms with E-state index < -0.39 is 0 Å². The molecule has 0 saturated heterocycles. The number of hydrogen-bond acceptors (Lipinski definition) is 3. The van der Waals surface area contributed by atoms with Gasteiger partial charge in [0.15, 0.2) is 0 Å². The normalized spacial score (nSPS) is 18.0. The van der Waals surface area contributed by atoms with Crippen molar-refractivity contribution >= 4 is 5.91 Å². The predicted octanol–water partition coefficient (Wildman–Crippen LogP) is 2.32. The second-order valence-electron chi connectivity index (χ2n) is 6.01. The van der Waals surface area contributed by atoms with Crippen LogP contribution >= 0.6 is 0 Å². The van der Waals surface area contributed by atoms with Crippen LogP contribution in [0.15, 0.2) is 24.4 Å². The molecule has 4 nitrogen and oxygen atoms in total. The van der Waals surface area contributed by atoms with Gasteiger partial charge in [0, 0.05) is 36.9 Å². The van der Waals surface area contributed by atoms with E-state index in [1.165, 1.54) is 12.8 Å². The van der Waals surface area contributed by atoms with E-state index in [1.54, 1.807) is 6.20 Å². The van der Waals surface area contributed by atoms with Crippen LogP contribution in [0, 0.1) is 11.8 Å². The summed E-state index contributed by atoms with van der Waals surface area (Å²) >= 11 is 0. The van der Waals surface area contributed by atoms with Crippen LogP contribution in [0.4, 0.5) is 0 Å². The van der Waals surface area contributed by atoms with Crippen molar-refractivity contribution in [3.05, 3.63) is 30.1 Å². The third-order valence-electron chi connectivity index (χ3n) is 4.27. The lowest BCUT2D eigenvalue weighted by molar-refractivity contribution is -0.125. The number of aliphatic hydroxyl groups is 1. The number of hydrogen-bond donors (Lipinski definition) is 2. The molecule has 1 amide bonds. The highest BCUT2D eigenvalue weighted by Gasteiger charge is 2.20. The number of carbonyl (C=O) groups is 1. The molecule has 0 bridgehead atoms. The van der Waals surface area contributed by atoms with Crippen LogP contribution in [0.1, 0.15) is 44.2 Å². The van der Waals surface area contributed by atoms with Crippen molar-refractivity contribution in [3.63, 3.8) is 0 Å². The smallest absolute Gasteiger partial charge is 0.223 e.